The largest absolute Gasteiger partial charge is 0.385 e. The lowest BCUT2D eigenvalue weighted by Crippen LogP contribution is -2.33. The molecule has 0 saturated carbocycles. The Bertz CT molecular complexity index is 78.5. The van der Waals surface area contributed by atoms with Gasteiger partial charge in [-0.05, 0) is 26.3 Å². The van der Waals surface area contributed by atoms with Crippen LogP contribution in [0.4, 0.5) is 0 Å². The van der Waals surface area contributed by atoms with Crippen molar-refractivity contribution in [2.24, 2.45) is 5.73 Å². The van der Waals surface area contributed by atoms with E-state index in [2.05, 4.69) is 12.2 Å². The average molecular weight is 160 g/mol. The molecule has 0 rings (SSSR count). The van der Waals surface area contributed by atoms with Crippen molar-refractivity contribution < 1.29 is 4.74 Å². The first-order valence-electron chi connectivity index (χ1n) is 4.23. The molecular formula is C8H20N2O. The van der Waals surface area contributed by atoms with Crippen LogP contribution in [0.3, 0.4) is 0 Å². The molecule has 0 unspecified atom stereocenters. The van der Waals surface area contributed by atoms with Crippen LogP contribution in [0.2, 0.25) is 0 Å². The van der Waals surface area contributed by atoms with Gasteiger partial charge < -0.3 is 15.8 Å². The summed E-state index contributed by atoms with van der Waals surface area (Å²) in [4.78, 5) is 0. The summed E-state index contributed by atoms with van der Waals surface area (Å²) in [5.74, 6) is 0. The van der Waals surface area contributed by atoms with Gasteiger partial charge in [0, 0.05) is 26.3 Å². The molecule has 0 radical (unpaired) electrons. The van der Waals surface area contributed by atoms with Gasteiger partial charge in [-0.3, -0.25) is 0 Å². The first kappa shape index (κ1) is 10.9. The first-order valence-corrected chi connectivity index (χ1v) is 4.23. The minimum atomic E-state index is 0.442. The molecule has 0 saturated heterocycles. The van der Waals surface area contributed by atoms with E-state index in [1.54, 1.807) is 7.11 Å². The lowest BCUT2D eigenvalue weighted by molar-refractivity contribution is 0.192. The van der Waals surface area contributed by atoms with Gasteiger partial charge in [0.1, 0.15) is 0 Å². The predicted molar refractivity (Wildman–Crippen MR) is 47.6 cm³/mol. The van der Waals surface area contributed by atoms with Gasteiger partial charge in [0.15, 0.2) is 0 Å². The highest BCUT2D eigenvalue weighted by molar-refractivity contribution is 4.59. The van der Waals surface area contributed by atoms with Crippen LogP contribution in [0.5, 0.6) is 0 Å². The Morgan fingerprint density at radius 3 is 2.73 bits per heavy atom. The number of nitrogens with one attached hydrogen (secondary N) is 1. The van der Waals surface area contributed by atoms with Gasteiger partial charge in [0.05, 0.1) is 0 Å². The molecule has 0 aromatic carbocycles. The van der Waals surface area contributed by atoms with E-state index in [1.807, 2.05) is 0 Å². The van der Waals surface area contributed by atoms with E-state index in [1.165, 1.54) is 0 Å². The van der Waals surface area contributed by atoms with E-state index in [9.17, 15) is 0 Å². The van der Waals surface area contributed by atoms with Crippen molar-refractivity contribution in [1.82, 2.24) is 5.32 Å². The van der Waals surface area contributed by atoms with Crippen molar-refractivity contribution in [3.05, 3.63) is 0 Å². The molecule has 0 fully saturated rings. The van der Waals surface area contributed by atoms with E-state index >= 15 is 0 Å². The second-order valence-electron chi connectivity index (χ2n) is 2.79. The third-order valence-electron chi connectivity index (χ3n) is 1.62. The molecular weight excluding hydrogens is 140 g/mol. The Morgan fingerprint density at radius 2 is 2.18 bits per heavy atom. The Hall–Kier alpha value is -0.120. The molecule has 0 aromatic heterocycles. The van der Waals surface area contributed by atoms with Crippen molar-refractivity contribution in [3.8, 4) is 0 Å². The second kappa shape index (κ2) is 7.98. The van der Waals surface area contributed by atoms with Crippen LogP contribution >= 0.6 is 0 Å². The third-order valence-corrected chi connectivity index (χ3v) is 1.62. The van der Waals surface area contributed by atoms with Crippen LogP contribution in [0.1, 0.15) is 19.8 Å². The zero-order chi connectivity index (χ0) is 8.53. The Labute approximate surface area is 69.3 Å². The normalized spacial score (nSPS) is 13.4. The van der Waals surface area contributed by atoms with Gasteiger partial charge in [-0.15, -0.1) is 0 Å². The molecule has 0 bridgehead atoms. The summed E-state index contributed by atoms with van der Waals surface area (Å²) in [6.07, 6.45) is 2.29. The van der Waals surface area contributed by atoms with Crippen LogP contribution in [-0.2, 0) is 4.74 Å². The Balaban J connectivity index is 2.89. The number of methoxy groups -OCH3 is 1. The minimum Gasteiger partial charge on any atom is -0.385 e. The molecule has 0 aliphatic heterocycles. The molecule has 3 heteroatoms. The number of hydrogen-bond acceptors (Lipinski definition) is 3. The quantitative estimate of drug-likeness (QED) is 0.528. The Morgan fingerprint density at radius 1 is 1.45 bits per heavy atom. The van der Waals surface area contributed by atoms with Crippen molar-refractivity contribution >= 4 is 0 Å². The molecule has 1 atom stereocenters. The SMILES string of the molecule is COCCCCN[C@H](C)CN. The summed E-state index contributed by atoms with van der Waals surface area (Å²) in [7, 11) is 1.73. The molecule has 0 aromatic rings. The standard InChI is InChI=1S/C8H20N2O/c1-8(7-9)10-5-3-4-6-11-2/h8,10H,3-7,9H2,1-2H3/t8-/m1/s1. The lowest BCUT2D eigenvalue weighted by Gasteiger charge is -2.10. The van der Waals surface area contributed by atoms with Gasteiger partial charge in [0.2, 0.25) is 0 Å². The molecule has 3 nitrogen and oxygen atoms in total. The van der Waals surface area contributed by atoms with E-state index in [0.717, 1.165) is 26.0 Å². The van der Waals surface area contributed by atoms with Gasteiger partial charge in [0.25, 0.3) is 0 Å². The van der Waals surface area contributed by atoms with Gasteiger partial charge in [-0.2, -0.15) is 0 Å². The van der Waals surface area contributed by atoms with Crippen LogP contribution in [0, 0.1) is 0 Å². The topological polar surface area (TPSA) is 47.3 Å². The monoisotopic (exact) mass is 160 g/mol. The summed E-state index contributed by atoms with van der Waals surface area (Å²) in [6.45, 7) is 4.71. The van der Waals surface area contributed by atoms with E-state index in [-0.39, 0.29) is 0 Å². The molecule has 3 N–H and O–H groups in total. The highest BCUT2D eigenvalue weighted by Gasteiger charge is 1.95. The number of hydrogen-bond donors (Lipinski definition) is 2. The Kier molecular flexibility index (Phi) is 7.89. The summed E-state index contributed by atoms with van der Waals surface area (Å²) < 4.78 is 4.92. The fraction of sp³-hybridized carbons (Fsp3) is 1.00. The van der Waals surface area contributed by atoms with Crippen LogP contribution in [0.15, 0.2) is 0 Å². The zero-order valence-electron chi connectivity index (χ0n) is 7.60. The average Bonchev–Trinajstić information content (AvgIpc) is 2.04. The van der Waals surface area contributed by atoms with Crippen molar-refractivity contribution in [2.75, 3.05) is 26.8 Å². The summed E-state index contributed by atoms with van der Waals surface area (Å²) in [5, 5.41) is 3.31. The van der Waals surface area contributed by atoms with Crippen molar-refractivity contribution in [1.29, 1.82) is 0 Å². The fourth-order valence-electron chi connectivity index (χ4n) is 0.803. The number of unbranched alkanes of at least 4 members (excludes halogenated alkanes) is 1. The van der Waals surface area contributed by atoms with Gasteiger partial charge in [-0.25, -0.2) is 0 Å². The third kappa shape index (κ3) is 7.78. The number of rotatable bonds is 7. The van der Waals surface area contributed by atoms with Gasteiger partial charge in [-0.1, -0.05) is 0 Å². The molecule has 0 spiro atoms. The number of ether oxygens (including phenoxy) is 1. The van der Waals surface area contributed by atoms with Crippen LogP contribution < -0.4 is 11.1 Å². The molecule has 11 heavy (non-hydrogen) atoms. The second-order valence-corrected chi connectivity index (χ2v) is 2.79. The molecule has 0 amide bonds. The van der Waals surface area contributed by atoms with E-state index in [0.29, 0.717) is 12.6 Å². The summed E-state index contributed by atoms with van der Waals surface area (Å²) >= 11 is 0. The van der Waals surface area contributed by atoms with Crippen molar-refractivity contribution in [2.45, 2.75) is 25.8 Å². The van der Waals surface area contributed by atoms with Gasteiger partial charge >= 0.3 is 0 Å². The summed E-state index contributed by atoms with van der Waals surface area (Å²) in [5.41, 5.74) is 5.43. The molecule has 0 aliphatic carbocycles. The highest BCUT2D eigenvalue weighted by Crippen LogP contribution is 1.87. The maximum Gasteiger partial charge on any atom is 0.0462 e. The van der Waals surface area contributed by atoms with E-state index < -0.39 is 0 Å². The molecule has 68 valence electrons. The lowest BCUT2D eigenvalue weighted by atomic mass is 10.3. The highest BCUT2D eigenvalue weighted by atomic mass is 16.5. The van der Waals surface area contributed by atoms with Crippen LogP contribution in [-0.4, -0.2) is 32.8 Å². The zero-order valence-corrected chi connectivity index (χ0v) is 7.60. The number of nitrogens with two attached hydrogens (primary N) is 1. The molecule has 0 heterocycles. The maximum absolute atomic E-state index is 5.43. The van der Waals surface area contributed by atoms with Crippen LogP contribution in [0.25, 0.3) is 0 Å². The minimum absolute atomic E-state index is 0.442. The predicted octanol–water partition coefficient (Wildman–Crippen LogP) is 0.350. The fourth-order valence-corrected chi connectivity index (χ4v) is 0.803. The first-order chi connectivity index (χ1) is 5.31. The summed E-state index contributed by atoms with van der Waals surface area (Å²) in [6, 6.07) is 0.442. The smallest absolute Gasteiger partial charge is 0.0462 e. The van der Waals surface area contributed by atoms with Crippen molar-refractivity contribution in [3.63, 3.8) is 0 Å². The van der Waals surface area contributed by atoms with E-state index in [4.69, 9.17) is 10.5 Å². The maximum atomic E-state index is 5.43. The molecule has 0 aliphatic rings.